The van der Waals surface area contributed by atoms with E-state index in [4.69, 9.17) is 10.2 Å². The first-order chi connectivity index (χ1) is 8.78. The summed E-state index contributed by atoms with van der Waals surface area (Å²) in [6, 6.07) is 5.56. The van der Waals surface area contributed by atoms with Crippen LogP contribution in [-0.2, 0) is 13.0 Å². The molecule has 0 spiro atoms. The second-order valence-electron chi connectivity index (χ2n) is 4.13. The van der Waals surface area contributed by atoms with Gasteiger partial charge in [-0.1, -0.05) is 13.0 Å². The first-order valence-electron chi connectivity index (χ1n) is 5.92. The van der Waals surface area contributed by atoms with Crippen LogP contribution in [-0.4, -0.2) is 14.5 Å². The molecule has 0 amide bonds. The Labute approximate surface area is 104 Å². The fraction of sp³-hybridized carbons (Fsp3) is 0.231. The van der Waals surface area contributed by atoms with Crippen molar-refractivity contribution in [2.24, 2.45) is 0 Å². The number of imidazole rings is 1. The van der Waals surface area contributed by atoms with Crippen molar-refractivity contribution in [3.05, 3.63) is 42.3 Å². The highest BCUT2D eigenvalue weighted by atomic mass is 16.3. The lowest BCUT2D eigenvalue weighted by molar-refractivity contribution is 0.503. The summed E-state index contributed by atoms with van der Waals surface area (Å²) in [6.07, 6.45) is 4.60. The van der Waals surface area contributed by atoms with Gasteiger partial charge in [0.15, 0.2) is 5.58 Å². The van der Waals surface area contributed by atoms with Crippen molar-refractivity contribution in [2.75, 3.05) is 5.73 Å². The predicted molar refractivity (Wildman–Crippen MR) is 69.1 cm³/mol. The maximum atomic E-state index is 5.86. The minimum absolute atomic E-state index is 0.581. The van der Waals surface area contributed by atoms with Crippen LogP contribution in [0.1, 0.15) is 18.6 Å². The lowest BCUT2D eigenvalue weighted by Crippen LogP contribution is -2.03. The predicted octanol–water partition coefficient (Wildman–Crippen LogP) is 2.22. The molecular weight excluding hydrogens is 228 g/mol. The Hall–Kier alpha value is -2.30. The third-order valence-corrected chi connectivity index (χ3v) is 2.92. The Morgan fingerprint density at radius 2 is 2.28 bits per heavy atom. The minimum atomic E-state index is 0.581. The molecule has 0 saturated carbocycles. The normalized spacial score (nSPS) is 11.2. The SMILES string of the molecule is CCc1nccn1Cc1nc2c(N)cccc2o1. The van der Waals surface area contributed by atoms with Crippen LogP contribution < -0.4 is 5.73 Å². The average Bonchev–Trinajstić information content (AvgIpc) is 2.96. The number of anilines is 1. The van der Waals surface area contributed by atoms with E-state index in [-0.39, 0.29) is 0 Å². The topological polar surface area (TPSA) is 69.9 Å². The summed E-state index contributed by atoms with van der Waals surface area (Å²) >= 11 is 0. The van der Waals surface area contributed by atoms with Gasteiger partial charge in [-0.3, -0.25) is 0 Å². The Morgan fingerprint density at radius 1 is 1.39 bits per heavy atom. The standard InChI is InChI=1S/C13H14N4O/c1-2-11-15-6-7-17(11)8-12-16-13-9(14)4-3-5-10(13)18-12/h3-7H,2,8,14H2,1H3. The molecule has 92 valence electrons. The van der Waals surface area contributed by atoms with Crippen molar-refractivity contribution in [3.8, 4) is 0 Å². The minimum Gasteiger partial charge on any atom is -0.439 e. The molecular formula is C13H14N4O. The monoisotopic (exact) mass is 242 g/mol. The zero-order chi connectivity index (χ0) is 12.5. The number of benzene rings is 1. The number of aryl methyl sites for hydroxylation is 1. The molecule has 0 radical (unpaired) electrons. The van der Waals surface area contributed by atoms with Gasteiger partial charge in [-0.2, -0.15) is 0 Å². The fourth-order valence-electron chi connectivity index (χ4n) is 2.03. The molecule has 18 heavy (non-hydrogen) atoms. The average molecular weight is 242 g/mol. The molecule has 2 heterocycles. The van der Waals surface area contributed by atoms with E-state index in [0.29, 0.717) is 18.1 Å². The van der Waals surface area contributed by atoms with Crippen LogP contribution in [0.3, 0.4) is 0 Å². The third-order valence-electron chi connectivity index (χ3n) is 2.92. The Bertz CT molecular complexity index is 683. The molecule has 0 atom stereocenters. The smallest absolute Gasteiger partial charge is 0.215 e. The summed E-state index contributed by atoms with van der Waals surface area (Å²) < 4.78 is 7.71. The summed E-state index contributed by atoms with van der Waals surface area (Å²) in [5.74, 6) is 1.67. The van der Waals surface area contributed by atoms with Crippen molar-refractivity contribution >= 4 is 16.8 Å². The van der Waals surface area contributed by atoms with Gasteiger partial charge in [-0.15, -0.1) is 0 Å². The number of aromatic nitrogens is 3. The first-order valence-corrected chi connectivity index (χ1v) is 5.92. The molecule has 0 fully saturated rings. The van der Waals surface area contributed by atoms with Gasteiger partial charge in [0.25, 0.3) is 0 Å². The second-order valence-corrected chi connectivity index (χ2v) is 4.13. The number of hydrogen-bond donors (Lipinski definition) is 1. The van der Waals surface area contributed by atoms with Crippen LogP contribution >= 0.6 is 0 Å². The Balaban J connectivity index is 1.98. The number of nitrogens with two attached hydrogens (primary N) is 1. The fourth-order valence-corrected chi connectivity index (χ4v) is 2.03. The van der Waals surface area contributed by atoms with E-state index in [1.165, 1.54) is 0 Å². The van der Waals surface area contributed by atoms with E-state index in [2.05, 4.69) is 16.9 Å². The van der Waals surface area contributed by atoms with Gasteiger partial charge in [0.2, 0.25) is 5.89 Å². The number of oxazole rings is 1. The molecule has 1 aromatic carbocycles. The van der Waals surface area contributed by atoms with E-state index in [9.17, 15) is 0 Å². The molecule has 0 unspecified atom stereocenters. The van der Waals surface area contributed by atoms with E-state index < -0.39 is 0 Å². The molecule has 0 aliphatic carbocycles. The van der Waals surface area contributed by atoms with E-state index in [1.807, 2.05) is 29.0 Å². The van der Waals surface area contributed by atoms with Gasteiger partial charge < -0.3 is 14.7 Å². The van der Waals surface area contributed by atoms with Crippen molar-refractivity contribution in [1.82, 2.24) is 14.5 Å². The van der Waals surface area contributed by atoms with E-state index in [0.717, 1.165) is 23.3 Å². The van der Waals surface area contributed by atoms with E-state index >= 15 is 0 Å². The highest BCUT2D eigenvalue weighted by Gasteiger charge is 2.09. The lowest BCUT2D eigenvalue weighted by Gasteiger charge is -2.01. The molecule has 3 aromatic rings. The zero-order valence-corrected chi connectivity index (χ0v) is 10.1. The number of nitrogen functional groups attached to an aromatic ring is 1. The third kappa shape index (κ3) is 1.73. The number of fused-ring (bicyclic) bond motifs is 1. The zero-order valence-electron chi connectivity index (χ0n) is 10.1. The second kappa shape index (κ2) is 4.18. The van der Waals surface area contributed by atoms with Gasteiger partial charge in [0, 0.05) is 18.8 Å². The molecule has 5 heteroatoms. The number of rotatable bonds is 3. The van der Waals surface area contributed by atoms with Crippen molar-refractivity contribution < 1.29 is 4.42 Å². The molecule has 0 aliphatic rings. The van der Waals surface area contributed by atoms with Crippen LogP contribution in [0.2, 0.25) is 0 Å². The summed E-state index contributed by atoms with van der Waals surface area (Å²) in [5.41, 5.74) is 7.95. The van der Waals surface area contributed by atoms with Gasteiger partial charge in [-0.05, 0) is 12.1 Å². The number of para-hydroxylation sites is 1. The molecule has 5 nitrogen and oxygen atoms in total. The molecule has 3 rings (SSSR count). The van der Waals surface area contributed by atoms with Crippen molar-refractivity contribution in [1.29, 1.82) is 0 Å². The summed E-state index contributed by atoms with van der Waals surface area (Å²) in [7, 11) is 0. The summed E-state index contributed by atoms with van der Waals surface area (Å²) in [5, 5.41) is 0. The summed E-state index contributed by atoms with van der Waals surface area (Å²) in [6.45, 7) is 2.65. The quantitative estimate of drug-likeness (QED) is 0.715. The number of nitrogens with zero attached hydrogens (tertiary/aromatic N) is 3. The van der Waals surface area contributed by atoms with Crippen LogP contribution in [0.5, 0.6) is 0 Å². The van der Waals surface area contributed by atoms with Crippen LogP contribution in [0, 0.1) is 0 Å². The Kier molecular flexibility index (Phi) is 2.51. The first kappa shape index (κ1) is 10.8. The number of hydrogen-bond acceptors (Lipinski definition) is 4. The summed E-state index contributed by atoms with van der Waals surface area (Å²) in [4.78, 5) is 8.69. The van der Waals surface area contributed by atoms with Crippen LogP contribution in [0.25, 0.3) is 11.1 Å². The molecule has 0 aliphatic heterocycles. The lowest BCUT2D eigenvalue weighted by atomic mass is 10.3. The van der Waals surface area contributed by atoms with Crippen LogP contribution in [0.15, 0.2) is 35.0 Å². The van der Waals surface area contributed by atoms with Crippen LogP contribution in [0.4, 0.5) is 5.69 Å². The molecule has 0 bridgehead atoms. The highest BCUT2D eigenvalue weighted by Crippen LogP contribution is 2.21. The highest BCUT2D eigenvalue weighted by molar-refractivity contribution is 5.85. The Morgan fingerprint density at radius 3 is 3.06 bits per heavy atom. The van der Waals surface area contributed by atoms with Gasteiger partial charge in [-0.25, -0.2) is 9.97 Å². The van der Waals surface area contributed by atoms with Gasteiger partial charge in [0.1, 0.15) is 17.9 Å². The van der Waals surface area contributed by atoms with Gasteiger partial charge in [0.05, 0.1) is 5.69 Å². The molecule has 0 saturated heterocycles. The van der Waals surface area contributed by atoms with E-state index in [1.54, 1.807) is 6.20 Å². The largest absolute Gasteiger partial charge is 0.439 e. The maximum Gasteiger partial charge on any atom is 0.215 e. The van der Waals surface area contributed by atoms with Gasteiger partial charge >= 0.3 is 0 Å². The maximum absolute atomic E-state index is 5.86. The molecule has 2 N–H and O–H groups in total. The molecule has 2 aromatic heterocycles. The van der Waals surface area contributed by atoms with Crippen molar-refractivity contribution in [2.45, 2.75) is 19.9 Å². The van der Waals surface area contributed by atoms with Crippen molar-refractivity contribution in [3.63, 3.8) is 0 Å².